The molecule has 3 aromatic rings. The number of aromatic nitrogens is 2. The van der Waals surface area contributed by atoms with E-state index in [0.717, 1.165) is 35.9 Å². The molecule has 0 aliphatic heterocycles. The average Bonchev–Trinajstić information content (AvgIpc) is 3.52. The summed E-state index contributed by atoms with van der Waals surface area (Å²) >= 11 is 1.91. The number of ether oxygens (including phenoxy) is 1. The first-order valence-corrected chi connectivity index (χ1v) is 11.2. The van der Waals surface area contributed by atoms with E-state index in [4.69, 9.17) is 7.80 Å². The quantitative estimate of drug-likeness (QED) is 0.314. The van der Waals surface area contributed by atoms with Gasteiger partial charge in [-0.2, -0.15) is 13.2 Å². The lowest BCUT2D eigenvalue weighted by atomic mass is 10.0. The van der Waals surface area contributed by atoms with Crippen molar-refractivity contribution in [2.75, 3.05) is 18.5 Å². The van der Waals surface area contributed by atoms with Gasteiger partial charge in [-0.25, -0.2) is 9.97 Å². The van der Waals surface area contributed by atoms with E-state index in [1.807, 2.05) is 41.2 Å². The van der Waals surface area contributed by atoms with Crippen molar-refractivity contribution in [1.29, 1.82) is 0 Å². The number of rotatable bonds is 8. The molecule has 0 radical (unpaired) electrons. The molecule has 5 nitrogen and oxygen atoms in total. The number of fused-ring (bicyclic) bond motifs is 1. The standard InChI is InChI=1S/C23H23F3IN3O2/c1-14(16-4-3-5-17(10-16)23(24,25)26)28-21-19-11-18(6-7-20(19)29-15(2)30-21)31-12-22(8-9-22)13-32-27/h3-7,10-11,14H,8-9,12-13H2,1-2H3,(H,28,29,30)/t14-/m1/s1. The normalized spacial score (nSPS) is 16.1. The number of nitrogens with one attached hydrogen (secondary N) is 1. The van der Waals surface area contributed by atoms with Crippen LogP contribution in [0.5, 0.6) is 5.75 Å². The molecule has 1 heterocycles. The number of hydrogen-bond acceptors (Lipinski definition) is 5. The lowest BCUT2D eigenvalue weighted by Crippen LogP contribution is -2.17. The minimum Gasteiger partial charge on any atom is -0.493 e. The summed E-state index contributed by atoms with van der Waals surface area (Å²) in [7, 11) is 0. The maximum Gasteiger partial charge on any atom is 0.416 e. The second kappa shape index (κ2) is 9.01. The molecule has 0 saturated heterocycles. The van der Waals surface area contributed by atoms with Gasteiger partial charge in [-0.1, -0.05) is 12.1 Å². The van der Waals surface area contributed by atoms with Gasteiger partial charge in [-0.15, -0.1) is 0 Å². The topological polar surface area (TPSA) is 56.3 Å². The molecular formula is C23H23F3IN3O2. The van der Waals surface area contributed by atoms with Crippen molar-refractivity contribution >= 4 is 39.7 Å². The van der Waals surface area contributed by atoms with Crippen LogP contribution in [0.15, 0.2) is 42.5 Å². The zero-order valence-corrected chi connectivity index (χ0v) is 19.8. The lowest BCUT2D eigenvalue weighted by Gasteiger charge is -2.19. The highest BCUT2D eigenvalue weighted by Crippen LogP contribution is 2.46. The van der Waals surface area contributed by atoms with Crippen LogP contribution in [-0.4, -0.2) is 23.2 Å². The lowest BCUT2D eigenvalue weighted by molar-refractivity contribution is -0.137. The van der Waals surface area contributed by atoms with E-state index in [1.165, 1.54) is 6.07 Å². The third-order valence-electron chi connectivity index (χ3n) is 5.71. The van der Waals surface area contributed by atoms with Gasteiger partial charge in [0, 0.05) is 16.8 Å². The van der Waals surface area contributed by atoms with Gasteiger partial charge in [-0.3, -0.25) is 0 Å². The van der Waals surface area contributed by atoms with E-state index in [9.17, 15) is 13.2 Å². The predicted octanol–water partition coefficient (Wildman–Crippen LogP) is 6.66. The van der Waals surface area contributed by atoms with Crippen LogP contribution >= 0.6 is 23.0 Å². The predicted molar refractivity (Wildman–Crippen MR) is 125 cm³/mol. The fourth-order valence-corrected chi connectivity index (χ4v) is 4.22. The van der Waals surface area contributed by atoms with Crippen LogP contribution in [0, 0.1) is 12.3 Å². The molecule has 1 atom stereocenters. The molecule has 0 amide bonds. The molecule has 2 aromatic carbocycles. The monoisotopic (exact) mass is 557 g/mol. The Morgan fingerprint density at radius 3 is 2.59 bits per heavy atom. The van der Waals surface area contributed by atoms with Gasteiger partial charge < -0.3 is 13.1 Å². The summed E-state index contributed by atoms with van der Waals surface area (Å²) in [5.41, 5.74) is 0.665. The summed E-state index contributed by atoms with van der Waals surface area (Å²) in [6, 6.07) is 10.5. The molecule has 1 aliphatic carbocycles. The SMILES string of the molecule is Cc1nc(N[C@H](C)c2cccc(C(F)(F)F)c2)c2cc(OCC3(COI)CC3)ccc2n1. The van der Waals surface area contributed by atoms with Gasteiger partial charge in [0.1, 0.15) is 40.4 Å². The van der Waals surface area contributed by atoms with Crippen molar-refractivity contribution in [3.63, 3.8) is 0 Å². The van der Waals surface area contributed by atoms with Crippen LogP contribution in [0.3, 0.4) is 0 Å². The van der Waals surface area contributed by atoms with Crippen LogP contribution in [-0.2, 0) is 9.24 Å². The van der Waals surface area contributed by atoms with Crippen LogP contribution in [0.4, 0.5) is 19.0 Å². The summed E-state index contributed by atoms with van der Waals surface area (Å²) in [6.45, 7) is 4.81. The first kappa shape index (κ1) is 23.0. The number of hydrogen-bond donors (Lipinski definition) is 1. The third-order valence-corrected chi connectivity index (χ3v) is 6.02. The van der Waals surface area contributed by atoms with Gasteiger partial charge in [0.25, 0.3) is 0 Å². The van der Waals surface area contributed by atoms with Gasteiger partial charge >= 0.3 is 6.18 Å². The Bertz CT molecular complexity index is 1120. The molecule has 1 N–H and O–H groups in total. The smallest absolute Gasteiger partial charge is 0.416 e. The van der Waals surface area contributed by atoms with E-state index < -0.39 is 17.8 Å². The Labute approximate surface area is 198 Å². The van der Waals surface area contributed by atoms with Crippen molar-refractivity contribution in [3.8, 4) is 5.75 Å². The number of nitrogens with zero attached hydrogens (tertiary/aromatic N) is 2. The fourth-order valence-electron chi connectivity index (χ4n) is 3.56. The van der Waals surface area contributed by atoms with E-state index in [1.54, 1.807) is 19.9 Å². The molecule has 1 fully saturated rings. The fraction of sp³-hybridized carbons (Fsp3) is 0.391. The van der Waals surface area contributed by atoms with Crippen LogP contribution < -0.4 is 10.1 Å². The molecule has 0 unspecified atom stereocenters. The van der Waals surface area contributed by atoms with Gasteiger partial charge in [0.05, 0.1) is 24.3 Å². The van der Waals surface area contributed by atoms with E-state index in [0.29, 0.717) is 36.2 Å². The minimum atomic E-state index is -4.39. The van der Waals surface area contributed by atoms with Crippen LogP contribution in [0.2, 0.25) is 0 Å². The molecule has 170 valence electrons. The summed E-state index contributed by atoms with van der Waals surface area (Å²) in [4.78, 5) is 8.99. The van der Waals surface area contributed by atoms with Gasteiger partial charge in [0.2, 0.25) is 0 Å². The zero-order chi connectivity index (χ0) is 22.9. The minimum absolute atomic E-state index is 0.0824. The molecule has 1 aliphatic rings. The molecule has 9 heteroatoms. The zero-order valence-electron chi connectivity index (χ0n) is 17.7. The highest BCUT2D eigenvalue weighted by atomic mass is 127. The van der Waals surface area contributed by atoms with Crippen molar-refractivity contribution in [3.05, 3.63) is 59.4 Å². The second-order valence-corrected chi connectivity index (χ2v) is 8.95. The first-order valence-electron chi connectivity index (χ1n) is 10.3. The highest BCUT2D eigenvalue weighted by Gasteiger charge is 2.44. The molecule has 1 aromatic heterocycles. The number of benzene rings is 2. The number of anilines is 1. The van der Waals surface area contributed by atoms with Crippen molar-refractivity contribution in [2.24, 2.45) is 5.41 Å². The summed E-state index contributed by atoms with van der Waals surface area (Å²) in [5, 5.41) is 4.01. The van der Waals surface area contributed by atoms with Crippen LogP contribution in [0.25, 0.3) is 10.9 Å². The van der Waals surface area contributed by atoms with Crippen LogP contribution in [0.1, 0.15) is 42.8 Å². The molecule has 0 bridgehead atoms. The highest BCUT2D eigenvalue weighted by molar-refractivity contribution is 14.1. The largest absolute Gasteiger partial charge is 0.493 e. The van der Waals surface area contributed by atoms with Gasteiger partial charge in [0.15, 0.2) is 0 Å². The summed E-state index contributed by atoms with van der Waals surface area (Å²) < 4.78 is 50.6. The van der Waals surface area contributed by atoms with E-state index in [2.05, 4.69) is 15.3 Å². The van der Waals surface area contributed by atoms with Gasteiger partial charge in [-0.05, 0) is 62.6 Å². The number of halogens is 4. The maximum absolute atomic E-state index is 13.1. The average molecular weight is 557 g/mol. The molecule has 0 spiro atoms. The molecule has 32 heavy (non-hydrogen) atoms. The Morgan fingerprint density at radius 1 is 1.12 bits per heavy atom. The molecule has 4 rings (SSSR count). The number of aryl methyl sites for hydroxylation is 1. The molecule has 1 saturated carbocycles. The second-order valence-electron chi connectivity index (χ2n) is 8.33. The summed E-state index contributed by atoms with van der Waals surface area (Å²) in [5.74, 6) is 1.82. The molecular weight excluding hydrogens is 534 g/mol. The van der Waals surface area contributed by atoms with E-state index in [-0.39, 0.29) is 5.41 Å². The first-order chi connectivity index (χ1) is 15.2. The Kier molecular flexibility index (Phi) is 6.49. The third kappa shape index (κ3) is 5.25. The van der Waals surface area contributed by atoms with Crippen molar-refractivity contribution < 1.29 is 21.0 Å². The Morgan fingerprint density at radius 2 is 1.91 bits per heavy atom. The number of alkyl halides is 3. The van der Waals surface area contributed by atoms with E-state index >= 15 is 0 Å². The maximum atomic E-state index is 13.1. The van der Waals surface area contributed by atoms with Crippen molar-refractivity contribution in [2.45, 2.75) is 38.9 Å². The Balaban J connectivity index is 1.59. The Hall–Kier alpha value is -2.14. The van der Waals surface area contributed by atoms with Crippen molar-refractivity contribution in [1.82, 2.24) is 9.97 Å². The summed E-state index contributed by atoms with van der Waals surface area (Å²) in [6.07, 6.45) is -2.23.